The molecule has 0 bridgehead atoms. The van der Waals surface area contributed by atoms with Crippen LogP contribution in [0.15, 0.2) is 41.5 Å². The van der Waals surface area contributed by atoms with Gasteiger partial charge < -0.3 is 9.84 Å². The van der Waals surface area contributed by atoms with Gasteiger partial charge in [0.15, 0.2) is 0 Å². The standard InChI is InChI=1S/C14H13N3O3/c1-14(2)8-9(12-10(20-14)4-3-6-15-12)17-11(18)5-7-16-13(17)19/h3-8,18H,1-2H3. The third kappa shape index (κ3) is 1.95. The van der Waals surface area contributed by atoms with Gasteiger partial charge in [-0.3, -0.25) is 4.98 Å². The van der Waals surface area contributed by atoms with E-state index in [1.54, 1.807) is 24.4 Å². The van der Waals surface area contributed by atoms with E-state index in [2.05, 4.69) is 9.97 Å². The fourth-order valence-corrected chi connectivity index (χ4v) is 2.17. The molecule has 2 aromatic rings. The predicted octanol–water partition coefficient (Wildman–Crippen LogP) is 1.40. The first-order valence-electron chi connectivity index (χ1n) is 6.13. The molecule has 6 heteroatoms. The van der Waals surface area contributed by atoms with E-state index in [1.807, 2.05) is 13.8 Å². The lowest BCUT2D eigenvalue weighted by molar-refractivity contribution is 0.156. The number of ether oxygens (including phenoxy) is 1. The molecule has 2 aromatic heterocycles. The van der Waals surface area contributed by atoms with Gasteiger partial charge in [-0.2, -0.15) is 0 Å². The molecule has 6 nitrogen and oxygen atoms in total. The van der Waals surface area contributed by atoms with Crippen LogP contribution < -0.4 is 10.4 Å². The van der Waals surface area contributed by atoms with E-state index in [-0.39, 0.29) is 5.88 Å². The Balaban J connectivity index is 2.31. The quantitative estimate of drug-likeness (QED) is 0.848. The molecule has 0 aromatic carbocycles. The molecular weight excluding hydrogens is 258 g/mol. The van der Waals surface area contributed by atoms with Crippen molar-refractivity contribution in [3.8, 4) is 11.6 Å². The maximum Gasteiger partial charge on any atom is 0.355 e. The van der Waals surface area contributed by atoms with Crippen molar-refractivity contribution in [1.82, 2.24) is 14.5 Å². The van der Waals surface area contributed by atoms with Crippen LogP contribution in [0.5, 0.6) is 11.6 Å². The van der Waals surface area contributed by atoms with Gasteiger partial charge in [0, 0.05) is 18.5 Å². The highest BCUT2D eigenvalue weighted by atomic mass is 16.5. The van der Waals surface area contributed by atoms with E-state index in [1.165, 1.54) is 12.3 Å². The Morgan fingerprint density at radius 3 is 2.80 bits per heavy atom. The Bertz CT molecular complexity index is 762. The van der Waals surface area contributed by atoms with Gasteiger partial charge >= 0.3 is 5.69 Å². The summed E-state index contributed by atoms with van der Waals surface area (Å²) in [6.07, 6.45) is 4.61. The average molecular weight is 271 g/mol. The monoisotopic (exact) mass is 271 g/mol. The number of aromatic nitrogens is 3. The van der Waals surface area contributed by atoms with Crippen LogP contribution in [-0.4, -0.2) is 25.2 Å². The number of hydrogen-bond acceptors (Lipinski definition) is 5. The molecule has 1 aliphatic rings. The minimum atomic E-state index is -0.618. The topological polar surface area (TPSA) is 77.2 Å². The number of aromatic hydroxyl groups is 1. The minimum absolute atomic E-state index is 0.189. The number of nitrogens with zero attached hydrogens (tertiary/aromatic N) is 3. The second-order valence-corrected chi connectivity index (χ2v) is 5.01. The zero-order valence-corrected chi connectivity index (χ0v) is 11.1. The summed E-state index contributed by atoms with van der Waals surface area (Å²) in [5.41, 5.74) is -0.220. The Morgan fingerprint density at radius 2 is 2.05 bits per heavy atom. The third-order valence-corrected chi connectivity index (χ3v) is 2.94. The van der Waals surface area contributed by atoms with Crippen molar-refractivity contribution in [2.45, 2.75) is 19.4 Å². The Hall–Kier alpha value is -2.63. The molecule has 1 aliphatic heterocycles. The summed E-state index contributed by atoms with van der Waals surface area (Å²) in [4.78, 5) is 19.8. The average Bonchev–Trinajstić information content (AvgIpc) is 2.37. The van der Waals surface area contributed by atoms with Gasteiger partial charge in [0.25, 0.3) is 0 Å². The Kier molecular flexibility index (Phi) is 2.60. The van der Waals surface area contributed by atoms with Gasteiger partial charge in [-0.15, -0.1) is 0 Å². The van der Waals surface area contributed by atoms with Crippen LogP contribution in [0.2, 0.25) is 0 Å². The fourth-order valence-electron chi connectivity index (χ4n) is 2.17. The summed E-state index contributed by atoms with van der Waals surface area (Å²) >= 11 is 0. The van der Waals surface area contributed by atoms with Crippen molar-refractivity contribution in [2.24, 2.45) is 0 Å². The molecular formula is C14H13N3O3. The number of hydrogen-bond donors (Lipinski definition) is 1. The van der Waals surface area contributed by atoms with Crippen LogP contribution >= 0.6 is 0 Å². The van der Waals surface area contributed by atoms with Crippen molar-refractivity contribution >= 4 is 5.70 Å². The molecule has 0 saturated carbocycles. The molecule has 0 atom stereocenters. The zero-order valence-electron chi connectivity index (χ0n) is 11.1. The summed E-state index contributed by atoms with van der Waals surface area (Å²) in [6, 6.07) is 4.88. The van der Waals surface area contributed by atoms with Gasteiger partial charge in [0.05, 0.1) is 5.70 Å². The van der Waals surface area contributed by atoms with E-state index in [9.17, 15) is 9.90 Å². The molecule has 0 fully saturated rings. The normalized spacial score (nSPS) is 16.0. The van der Waals surface area contributed by atoms with E-state index in [4.69, 9.17) is 4.74 Å². The molecule has 1 N–H and O–H groups in total. The molecule has 0 spiro atoms. The van der Waals surface area contributed by atoms with E-state index < -0.39 is 11.3 Å². The second kappa shape index (κ2) is 4.19. The fraction of sp³-hybridized carbons (Fsp3) is 0.214. The molecule has 20 heavy (non-hydrogen) atoms. The SMILES string of the molecule is CC1(C)C=C(n2c(O)ccnc2=O)c2ncccc2O1. The van der Waals surface area contributed by atoms with Crippen LogP contribution in [0.1, 0.15) is 19.5 Å². The minimum Gasteiger partial charge on any atom is -0.494 e. The van der Waals surface area contributed by atoms with Gasteiger partial charge in [-0.1, -0.05) is 0 Å². The van der Waals surface area contributed by atoms with E-state index >= 15 is 0 Å². The summed E-state index contributed by atoms with van der Waals surface area (Å²) < 4.78 is 6.92. The molecule has 0 radical (unpaired) electrons. The first kappa shape index (κ1) is 12.4. The first-order chi connectivity index (χ1) is 9.48. The van der Waals surface area contributed by atoms with E-state index in [0.717, 1.165) is 4.57 Å². The van der Waals surface area contributed by atoms with Crippen LogP contribution in [-0.2, 0) is 0 Å². The van der Waals surface area contributed by atoms with Crippen LogP contribution in [0.4, 0.5) is 0 Å². The highest BCUT2D eigenvalue weighted by Gasteiger charge is 2.29. The summed E-state index contributed by atoms with van der Waals surface area (Å²) in [7, 11) is 0. The van der Waals surface area contributed by atoms with Gasteiger partial charge in [0.2, 0.25) is 5.88 Å². The van der Waals surface area contributed by atoms with Crippen molar-refractivity contribution in [2.75, 3.05) is 0 Å². The second-order valence-electron chi connectivity index (χ2n) is 5.01. The molecule has 0 aliphatic carbocycles. The molecule has 0 amide bonds. The number of rotatable bonds is 1. The highest BCUT2D eigenvalue weighted by Crippen LogP contribution is 2.35. The maximum absolute atomic E-state index is 11.9. The number of pyridine rings is 1. The number of fused-ring (bicyclic) bond motifs is 1. The smallest absolute Gasteiger partial charge is 0.355 e. The molecule has 102 valence electrons. The van der Waals surface area contributed by atoms with Gasteiger partial charge in [-0.25, -0.2) is 14.3 Å². The van der Waals surface area contributed by atoms with Crippen LogP contribution in [0, 0.1) is 0 Å². The van der Waals surface area contributed by atoms with Gasteiger partial charge in [-0.05, 0) is 32.1 Å². The van der Waals surface area contributed by atoms with Gasteiger partial charge in [0.1, 0.15) is 17.0 Å². The lowest BCUT2D eigenvalue weighted by atomic mass is 10.0. The molecule has 0 saturated heterocycles. The predicted molar refractivity (Wildman–Crippen MR) is 72.5 cm³/mol. The van der Waals surface area contributed by atoms with Crippen molar-refractivity contribution in [3.05, 3.63) is 52.8 Å². The van der Waals surface area contributed by atoms with Crippen molar-refractivity contribution in [3.63, 3.8) is 0 Å². The zero-order chi connectivity index (χ0) is 14.3. The largest absolute Gasteiger partial charge is 0.494 e. The lowest BCUT2D eigenvalue weighted by Gasteiger charge is -2.30. The molecule has 3 heterocycles. The first-order valence-corrected chi connectivity index (χ1v) is 6.13. The maximum atomic E-state index is 11.9. The third-order valence-electron chi connectivity index (χ3n) is 2.94. The van der Waals surface area contributed by atoms with E-state index in [0.29, 0.717) is 17.1 Å². The van der Waals surface area contributed by atoms with Crippen molar-refractivity contribution in [1.29, 1.82) is 0 Å². The lowest BCUT2D eigenvalue weighted by Crippen LogP contribution is -2.33. The molecule has 3 rings (SSSR count). The Morgan fingerprint density at radius 1 is 1.25 bits per heavy atom. The summed E-state index contributed by atoms with van der Waals surface area (Å²) in [6.45, 7) is 3.72. The summed E-state index contributed by atoms with van der Waals surface area (Å²) in [5.74, 6) is 0.371. The van der Waals surface area contributed by atoms with Crippen molar-refractivity contribution < 1.29 is 9.84 Å². The molecule has 0 unspecified atom stereocenters. The van der Waals surface area contributed by atoms with Crippen LogP contribution in [0.25, 0.3) is 5.70 Å². The summed E-state index contributed by atoms with van der Waals surface area (Å²) in [5, 5.41) is 9.95. The highest BCUT2D eigenvalue weighted by molar-refractivity contribution is 5.71. The Labute approximate surface area is 115 Å². The van der Waals surface area contributed by atoms with Crippen LogP contribution in [0.3, 0.4) is 0 Å².